The van der Waals surface area contributed by atoms with Gasteiger partial charge in [-0.05, 0) is 18.2 Å². The van der Waals surface area contributed by atoms with Crippen LogP contribution >= 0.6 is 0 Å². The number of carbonyl (C=O) groups excluding carboxylic acids is 1. The Balaban J connectivity index is 1.48. The molecule has 1 aromatic carbocycles. The van der Waals surface area contributed by atoms with Gasteiger partial charge >= 0.3 is 0 Å². The zero-order valence-corrected chi connectivity index (χ0v) is 12.4. The highest BCUT2D eigenvalue weighted by Gasteiger charge is 2.34. The number of likely N-dealkylation sites (tertiary alicyclic amines) is 1. The first-order valence-corrected chi connectivity index (χ1v) is 7.31. The lowest BCUT2D eigenvalue weighted by Gasteiger charge is -2.40. The first-order chi connectivity index (χ1) is 10.6. The summed E-state index contributed by atoms with van der Waals surface area (Å²) in [6.07, 6.45) is 3.39. The number of para-hydroxylation sites is 1. The van der Waals surface area contributed by atoms with Crippen LogP contribution in [0, 0.1) is 11.7 Å². The minimum atomic E-state index is -0.376. The van der Waals surface area contributed by atoms with Crippen LogP contribution < -0.4 is 4.74 Å². The van der Waals surface area contributed by atoms with E-state index < -0.39 is 0 Å². The molecule has 3 rings (SSSR count). The lowest BCUT2D eigenvalue weighted by atomic mass is 10.1. The quantitative estimate of drug-likeness (QED) is 0.848. The van der Waals surface area contributed by atoms with Crippen LogP contribution in [0.1, 0.15) is 6.92 Å². The van der Waals surface area contributed by atoms with Gasteiger partial charge in [-0.3, -0.25) is 9.48 Å². The number of ether oxygens (including phenoxy) is 1. The summed E-state index contributed by atoms with van der Waals surface area (Å²) in [7, 11) is 0. The molecule has 6 heteroatoms. The predicted molar refractivity (Wildman–Crippen MR) is 78.8 cm³/mol. The Labute approximate surface area is 128 Å². The molecule has 2 heterocycles. The third kappa shape index (κ3) is 3.10. The smallest absolute Gasteiger partial charge is 0.227 e. The maximum Gasteiger partial charge on any atom is 0.227 e. The molecule has 0 saturated carbocycles. The summed E-state index contributed by atoms with van der Waals surface area (Å²) in [6, 6.07) is 8.14. The largest absolute Gasteiger partial charge is 0.484 e. The Morgan fingerprint density at radius 3 is 2.86 bits per heavy atom. The Morgan fingerprint density at radius 1 is 1.41 bits per heavy atom. The average Bonchev–Trinajstić information content (AvgIpc) is 2.96. The van der Waals surface area contributed by atoms with Crippen molar-refractivity contribution in [1.29, 1.82) is 0 Å². The standard InChI is InChI=1S/C16H18FN3O2/c1-12(9-20-8-4-7-18-20)16(21)19-10-13(11-19)22-15-6-3-2-5-14(15)17/h2-8,12-13H,9-11H2,1H3/t12-/m1/s1. The molecule has 1 saturated heterocycles. The maximum absolute atomic E-state index is 13.5. The summed E-state index contributed by atoms with van der Waals surface area (Å²) < 4.78 is 20.8. The highest BCUT2D eigenvalue weighted by molar-refractivity contribution is 5.79. The number of carbonyl (C=O) groups is 1. The van der Waals surface area contributed by atoms with Gasteiger partial charge in [-0.2, -0.15) is 5.10 Å². The molecule has 22 heavy (non-hydrogen) atoms. The van der Waals surface area contributed by atoms with Crippen molar-refractivity contribution in [3.05, 3.63) is 48.5 Å². The van der Waals surface area contributed by atoms with E-state index in [9.17, 15) is 9.18 Å². The Bertz CT molecular complexity index is 639. The summed E-state index contributed by atoms with van der Waals surface area (Å²) in [5.74, 6) is -0.207. The van der Waals surface area contributed by atoms with E-state index in [1.807, 2.05) is 19.2 Å². The number of rotatable bonds is 5. The second-order valence-electron chi connectivity index (χ2n) is 5.54. The topological polar surface area (TPSA) is 47.4 Å². The van der Waals surface area contributed by atoms with Crippen LogP contribution in [0.5, 0.6) is 5.75 Å². The molecule has 1 aromatic heterocycles. The third-order valence-electron chi connectivity index (χ3n) is 3.73. The molecular formula is C16H18FN3O2. The van der Waals surface area contributed by atoms with E-state index in [4.69, 9.17) is 4.74 Å². The number of halogens is 1. The fraction of sp³-hybridized carbons (Fsp3) is 0.375. The monoisotopic (exact) mass is 303 g/mol. The Kier molecular flexibility index (Phi) is 4.09. The van der Waals surface area contributed by atoms with Gasteiger partial charge in [0.25, 0.3) is 0 Å². The SMILES string of the molecule is C[C@H](Cn1cccn1)C(=O)N1CC(Oc2ccccc2F)C1. The van der Waals surface area contributed by atoms with Gasteiger partial charge in [0.15, 0.2) is 11.6 Å². The molecule has 1 aliphatic heterocycles. The lowest BCUT2D eigenvalue weighted by Crippen LogP contribution is -2.57. The van der Waals surface area contributed by atoms with Crippen molar-refractivity contribution in [2.75, 3.05) is 13.1 Å². The van der Waals surface area contributed by atoms with Gasteiger partial charge in [0.2, 0.25) is 5.91 Å². The van der Waals surface area contributed by atoms with Crippen molar-refractivity contribution in [2.24, 2.45) is 5.92 Å². The van der Waals surface area contributed by atoms with Gasteiger partial charge in [0.05, 0.1) is 25.6 Å². The third-order valence-corrected chi connectivity index (χ3v) is 3.73. The Hall–Kier alpha value is -2.37. The molecule has 5 nitrogen and oxygen atoms in total. The van der Waals surface area contributed by atoms with Crippen LogP contribution in [0.15, 0.2) is 42.7 Å². The summed E-state index contributed by atoms with van der Waals surface area (Å²) in [5, 5.41) is 4.10. The normalized spacial score (nSPS) is 16.2. The summed E-state index contributed by atoms with van der Waals surface area (Å²) >= 11 is 0. The van der Waals surface area contributed by atoms with E-state index in [1.165, 1.54) is 6.07 Å². The van der Waals surface area contributed by atoms with E-state index in [-0.39, 0.29) is 29.5 Å². The minimum absolute atomic E-state index is 0.0730. The second kappa shape index (κ2) is 6.17. The van der Waals surface area contributed by atoms with Crippen molar-refractivity contribution < 1.29 is 13.9 Å². The van der Waals surface area contributed by atoms with Crippen molar-refractivity contribution >= 4 is 5.91 Å². The molecule has 0 radical (unpaired) electrons. The maximum atomic E-state index is 13.5. The van der Waals surface area contributed by atoms with Crippen LogP contribution in [0.2, 0.25) is 0 Å². The number of aromatic nitrogens is 2. The predicted octanol–water partition coefficient (Wildman–Crippen LogP) is 1.95. The lowest BCUT2D eigenvalue weighted by molar-refractivity contribution is -0.144. The average molecular weight is 303 g/mol. The van der Waals surface area contributed by atoms with E-state index in [1.54, 1.807) is 34.0 Å². The second-order valence-corrected chi connectivity index (χ2v) is 5.54. The molecule has 1 aliphatic rings. The van der Waals surface area contributed by atoms with Gasteiger partial charge in [0, 0.05) is 12.4 Å². The van der Waals surface area contributed by atoms with Gasteiger partial charge in [0.1, 0.15) is 6.10 Å². The molecule has 0 unspecified atom stereocenters. The van der Waals surface area contributed by atoms with Crippen LogP contribution in [0.3, 0.4) is 0 Å². The van der Waals surface area contributed by atoms with E-state index in [2.05, 4.69) is 5.10 Å². The number of hydrogen-bond donors (Lipinski definition) is 0. The van der Waals surface area contributed by atoms with Crippen LogP contribution in [0.4, 0.5) is 4.39 Å². The molecule has 1 fully saturated rings. The minimum Gasteiger partial charge on any atom is -0.484 e. The highest BCUT2D eigenvalue weighted by atomic mass is 19.1. The molecule has 0 aliphatic carbocycles. The van der Waals surface area contributed by atoms with Crippen molar-refractivity contribution in [1.82, 2.24) is 14.7 Å². The molecule has 0 bridgehead atoms. The van der Waals surface area contributed by atoms with Gasteiger partial charge in [-0.25, -0.2) is 4.39 Å². The molecule has 0 spiro atoms. The van der Waals surface area contributed by atoms with Gasteiger partial charge in [-0.1, -0.05) is 19.1 Å². The van der Waals surface area contributed by atoms with E-state index in [0.717, 1.165) is 0 Å². The first-order valence-electron chi connectivity index (χ1n) is 7.31. The fourth-order valence-corrected chi connectivity index (χ4v) is 2.49. The zero-order valence-electron chi connectivity index (χ0n) is 12.4. The summed E-state index contributed by atoms with van der Waals surface area (Å²) in [6.45, 7) is 3.43. The molecule has 1 atom stereocenters. The summed E-state index contributed by atoms with van der Waals surface area (Å²) in [5.41, 5.74) is 0. The number of amides is 1. The first kappa shape index (κ1) is 14.6. The van der Waals surface area contributed by atoms with Crippen LogP contribution in [-0.2, 0) is 11.3 Å². The number of hydrogen-bond acceptors (Lipinski definition) is 3. The number of benzene rings is 1. The molecule has 2 aromatic rings. The van der Waals surface area contributed by atoms with E-state index in [0.29, 0.717) is 19.6 Å². The molecule has 0 N–H and O–H groups in total. The fourth-order valence-electron chi connectivity index (χ4n) is 2.49. The van der Waals surface area contributed by atoms with Crippen molar-refractivity contribution in [3.8, 4) is 5.75 Å². The molecule has 1 amide bonds. The highest BCUT2D eigenvalue weighted by Crippen LogP contribution is 2.22. The van der Waals surface area contributed by atoms with E-state index >= 15 is 0 Å². The summed E-state index contributed by atoms with van der Waals surface area (Å²) in [4.78, 5) is 14.0. The van der Waals surface area contributed by atoms with Crippen molar-refractivity contribution in [3.63, 3.8) is 0 Å². The molecule has 116 valence electrons. The van der Waals surface area contributed by atoms with Crippen molar-refractivity contribution in [2.45, 2.75) is 19.6 Å². The van der Waals surface area contributed by atoms with Crippen LogP contribution in [-0.4, -0.2) is 39.8 Å². The zero-order chi connectivity index (χ0) is 15.5. The number of nitrogens with zero attached hydrogens (tertiary/aromatic N) is 3. The van der Waals surface area contributed by atoms with Crippen LogP contribution in [0.25, 0.3) is 0 Å². The van der Waals surface area contributed by atoms with Gasteiger partial charge in [-0.15, -0.1) is 0 Å². The molecular weight excluding hydrogens is 285 g/mol. The van der Waals surface area contributed by atoms with Gasteiger partial charge < -0.3 is 9.64 Å². The Morgan fingerprint density at radius 2 is 2.18 bits per heavy atom.